The molecule has 0 saturated carbocycles. The van der Waals surface area contributed by atoms with E-state index in [0.29, 0.717) is 10.1 Å². The number of nitrogens with two attached hydrogens (primary N) is 2. The number of halogens is 3. The van der Waals surface area contributed by atoms with Gasteiger partial charge in [0, 0.05) is 24.6 Å². The summed E-state index contributed by atoms with van der Waals surface area (Å²) in [6.07, 6.45) is 0.00599. The number of nitrogen functional groups attached to an aromatic ring is 1. The van der Waals surface area contributed by atoms with E-state index in [1.165, 1.54) is 12.1 Å². The molecule has 0 bridgehead atoms. The Morgan fingerprint density at radius 3 is 2.16 bits per heavy atom. The number of carbonyl (C=O) groups excluding carboxylic acids is 2. The van der Waals surface area contributed by atoms with Gasteiger partial charge in [-0.1, -0.05) is 6.07 Å². The highest BCUT2D eigenvalue weighted by molar-refractivity contribution is 6.11. The lowest BCUT2D eigenvalue weighted by Gasteiger charge is -2.22. The van der Waals surface area contributed by atoms with Crippen molar-refractivity contribution in [1.82, 2.24) is 4.57 Å². The lowest BCUT2D eigenvalue weighted by Crippen LogP contribution is -2.38. The molecule has 11 heteroatoms. The smallest absolute Gasteiger partial charge is 0.323 e. The molecule has 0 saturated heterocycles. The van der Waals surface area contributed by atoms with Gasteiger partial charge < -0.3 is 20.9 Å². The summed E-state index contributed by atoms with van der Waals surface area (Å²) in [5.41, 5.74) is 9.22. The largest absolute Gasteiger partial charge is 0.493 e. The Balaban J connectivity index is 1.87. The highest BCUT2D eigenvalue weighted by Gasteiger charge is 2.24. The van der Waals surface area contributed by atoms with Gasteiger partial charge in [0.25, 0.3) is 5.56 Å². The van der Waals surface area contributed by atoms with E-state index in [2.05, 4.69) is 0 Å². The standard InChI is InChI=1S/C27H28F3N3O5/c1-14-5-6-16(18(28)11-14)24(35)17-7-8-22(34)33(25(17)32)23-19(29)12-15(13-20(23)30)37-10-9-21(31)26(36)38-27(2,3)4/h5-8,11-13,21H,9-10,31-32H2,1-4H3/t21-/m0/s1. The maximum Gasteiger partial charge on any atom is 0.323 e. The van der Waals surface area contributed by atoms with Gasteiger partial charge in [-0.2, -0.15) is 0 Å². The van der Waals surface area contributed by atoms with E-state index in [0.717, 1.165) is 30.3 Å². The SMILES string of the molecule is Cc1ccc(C(=O)c2ccc(=O)n(-c3c(F)cc(OCC[C@H](N)C(=O)OC(C)(C)C)cc3F)c2N)c(F)c1. The van der Waals surface area contributed by atoms with Crippen LogP contribution in [0.3, 0.4) is 0 Å². The quantitative estimate of drug-likeness (QED) is 0.334. The van der Waals surface area contributed by atoms with E-state index in [-0.39, 0.29) is 29.9 Å². The molecule has 2 aromatic carbocycles. The first-order chi connectivity index (χ1) is 17.7. The van der Waals surface area contributed by atoms with Crippen LogP contribution >= 0.6 is 0 Å². The highest BCUT2D eigenvalue weighted by Crippen LogP contribution is 2.27. The number of esters is 1. The molecule has 0 fully saturated rings. The van der Waals surface area contributed by atoms with Gasteiger partial charge in [-0.15, -0.1) is 0 Å². The van der Waals surface area contributed by atoms with Gasteiger partial charge in [0.1, 0.15) is 34.7 Å². The number of anilines is 1. The molecule has 0 radical (unpaired) electrons. The zero-order valence-corrected chi connectivity index (χ0v) is 21.3. The van der Waals surface area contributed by atoms with Crippen LogP contribution in [0.15, 0.2) is 47.3 Å². The highest BCUT2D eigenvalue weighted by atomic mass is 19.1. The van der Waals surface area contributed by atoms with Crippen LogP contribution < -0.4 is 21.8 Å². The van der Waals surface area contributed by atoms with Gasteiger partial charge in [-0.3, -0.25) is 19.0 Å². The van der Waals surface area contributed by atoms with Crippen LogP contribution in [0.2, 0.25) is 0 Å². The fourth-order valence-electron chi connectivity index (χ4n) is 3.56. The summed E-state index contributed by atoms with van der Waals surface area (Å²) in [5, 5.41) is 0. The minimum Gasteiger partial charge on any atom is -0.493 e. The molecule has 0 aliphatic carbocycles. The van der Waals surface area contributed by atoms with E-state index in [4.69, 9.17) is 20.9 Å². The van der Waals surface area contributed by atoms with E-state index in [9.17, 15) is 18.8 Å². The maximum absolute atomic E-state index is 15.0. The number of aryl methyl sites for hydroxylation is 1. The summed E-state index contributed by atoms with van der Waals surface area (Å²) in [6, 6.07) is 6.51. The molecular formula is C27H28F3N3O5. The molecule has 0 aliphatic heterocycles. The lowest BCUT2D eigenvalue weighted by molar-refractivity contribution is -0.156. The molecule has 0 unspecified atom stereocenters. The van der Waals surface area contributed by atoms with Gasteiger partial charge in [0.2, 0.25) is 0 Å². The Morgan fingerprint density at radius 1 is 0.974 bits per heavy atom. The molecule has 3 aromatic rings. The molecule has 38 heavy (non-hydrogen) atoms. The summed E-state index contributed by atoms with van der Waals surface area (Å²) in [7, 11) is 0. The number of rotatable bonds is 8. The third kappa shape index (κ3) is 6.41. The number of aromatic nitrogens is 1. The molecule has 1 aromatic heterocycles. The molecule has 0 spiro atoms. The molecule has 0 aliphatic rings. The summed E-state index contributed by atoms with van der Waals surface area (Å²) in [5.74, 6) is -5.55. The van der Waals surface area contributed by atoms with E-state index in [1.807, 2.05) is 0 Å². The van der Waals surface area contributed by atoms with Crippen molar-refractivity contribution in [2.45, 2.75) is 45.8 Å². The Morgan fingerprint density at radius 2 is 1.58 bits per heavy atom. The van der Waals surface area contributed by atoms with Crippen molar-refractivity contribution < 1.29 is 32.2 Å². The molecule has 4 N–H and O–H groups in total. The number of ketones is 1. The van der Waals surface area contributed by atoms with Crippen LogP contribution in [0.25, 0.3) is 5.69 Å². The van der Waals surface area contributed by atoms with Crippen LogP contribution in [0.1, 0.15) is 48.7 Å². The number of pyridine rings is 1. The zero-order valence-electron chi connectivity index (χ0n) is 21.3. The molecule has 8 nitrogen and oxygen atoms in total. The van der Waals surface area contributed by atoms with Crippen molar-refractivity contribution in [1.29, 1.82) is 0 Å². The Kier molecular flexibility index (Phi) is 8.31. The summed E-state index contributed by atoms with van der Waals surface area (Å²) in [6.45, 7) is 6.54. The van der Waals surface area contributed by atoms with Crippen molar-refractivity contribution in [2.75, 3.05) is 12.3 Å². The maximum atomic E-state index is 15.0. The Bertz CT molecular complexity index is 1420. The minimum atomic E-state index is -1.21. The lowest BCUT2D eigenvalue weighted by atomic mass is 10.0. The fraction of sp³-hybridized carbons (Fsp3) is 0.296. The number of hydrogen-bond donors (Lipinski definition) is 2. The summed E-state index contributed by atoms with van der Waals surface area (Å²) < 4.78 is 55.4. The predicted octanol–water partition coefficient (Wildman–Crippen LogP) is 3.81. The van der Waals surface area contributed by atoms with Crippen LogP contribution in [0.4, 0.5) is 19.0 Å². The number of benzene rings is 2. The van der Waals surface area contributed by atoms with Gasteiger partial charge >= 0.3 is 5.97 Å². The second-order valence-corrected chi connectivity index (χ2v) is 9.63. The number of hydrogen-bond acceptors (Lipinski definition) is 7. The van der Waals surface area contributed by atoms with E-state index >= 15 is 8.78 Å². The van der Waals surface area contributed by atoms with Gasteiger partial charge in [-0.25, -0.2) is 13.2 Å². The van der Waals surface area contributed by atoms with Crippen molar-refractivity contribution in [3.8, 4) is 11.4 Å². The second kappa shape index (κ2) is 11.1. The average molecular weight is 532 g/mol. The molecular weight excluding hydrogens is 503 g/mol. The van der Waals surface area contributed by atoms with Crippen LogP contribution in [0.5, 0.6) is 5.75 Å². The number of nitrogens with zero attached hydrogens (tertiary/aromatic N) is 1. The molecule has 1 heterocycles. The fourth-order valence-corrected chi connectivity index (χ4v) is 3.56. The molecule has 1 atom stereocenters. The average Bonchev–Trinajstić information content (AvgIpc) is 2.79. The Labute approximate surface area is 217 Å². The van der Waals surface area contributed by atoms with Crippen LogP contribution in [-0.4, -0.2) is 34.6 Å². The van der Waals surface area contributed by atoms with Gasteiger partial charge in [-0.05, 0) is 51.5 Å². The zero-order chi connectivity index (χ0) is 28.4. The first-order valence-corrected chi connectivity index (χ1v) is 11.6. The summed E-state index contributed by atoms with van der Waals surface area (Å²) >= 11 is 0. The van der Waals surface area contributed by atoms with Crippen molar-refractivity contribution in [2.24, 2.45) is 5.73 Å². The molecule has 0 amide bonds. The van der Waals surface area contributed by atoms with Crippen LogP contribution in [0, 0.1) is 24.4 Å². The third-order valence-corrected chi connectivity index (χ3v) is 5.36. The van der Waals surface area contributed by atoms with Crippen molar-refractivity contribution in [3.05, 3.63) is 87.0 Å². The van der Waals surface area contributed by atoms with E-state index in [1.54, 1.807) is 27.7 Å². The predicted molar refractivity (Wildman–Crippen MR) is 135 cm³/mol. The monoisotopic (exact) mass is 531 g/mol. The number of ether oxygens (including phenoxy) is 2. The second-order valence-electron chi connectivity index (χ2n) is 9.63. The first kappa shape index (κ1) is 28.5. The van der Waals surface area contributed by atoms with Crippen molar-refractivity contribution >= 4 is 17.6 Å². The van der Waals surface area contributed by atoms with Crippen LogP contribution in [-0.2, 0) is 9.53 Å². The van der Waals surface area contributed by atoms with Gasteiger partial charge in [0.15, 0.2) is 17.4 Å². The van der Waals surface area contributed by atoms with E-state index < -0.39 is 57.9 Å². The number of carbonyl (C=O) groups is 2. The topological polar surface area (TPSA) is 127 Å². The normalized spacial score (nSPS) is 12.2. The third-order valence-electron chi connectivity index (χ3n) is 5.36. The molecule has 3 rings (SSSR count). The Hall–Kier alpha value is -4.12. The van der Waals surface area contributed by atoms with Gasteiger partial charge in [0.05, 0.1) is 17.7 Å². The molecule has 202 valence electrons. The van der Waals surface area contributed by atoms with Crippen molar-refractivity contribution in [3.63, 3.8) is 0 Å². The minimum absolute atomic E-state index is 0.00599. The summed E-state index contributed by atoms with van der Waals surface area (Å²) in [4.78, 5) is 37.4. The first-order valence-electron chi connectivity index (χ1n) is 11.6.